The molecule has 2 amide bonds. The fraction of sp³-hybridized carbons (Fsp3) is 0.500. The summed E-state index contributed by atoms with van der Waals surface area (Å²) in [4.78, 5) is 23.3. The smallest absolute Gasteiger partial charge is 0.314 e. The van der Waals surface area contributed by atoms with Gasteiger partial charge in [0.2, 0.25) is 5.95 Å². The van der Waals surface area contributed by atoms with Crippen molar-refractivity contribution in [1.82, 2.24) is 14.9 Å². The number of rotatable bonds is 1. The van der Waals surface area contributed by atoms with E-state index < -0.39 is 0 Å². The maximum Gasteiger partial charge on any atom is 0.314 e. The molecule has 0 aliphatic carbocycles. The lowest BCUT2D eigenvalue weighted by Gasteiger charge is -2.20. The molecule has 6 nitrogen and oxygen atoms in total. The highest BCUT2D eigenvalue weighted by Gasteiger charge is 2.18. The van der Waals surface area contributed by atoms with E-state index >= 15 is 0 Å². The van der Waals surface area contributed by atoms with Gasteiger partial charge in [0.15, 0.2) is 0 Å². The van der Waals surface area contributed by atoms with Crippen molar-refractivity contribution in [2.45, 2.75) is 6.42 Å². The number of hydrogen-bond acceptors (Lipinski definition) is 4. The van der Waals surface area contributed by atoms with Gasteiger partial charge in [-0.15, -0.1) is 0 Å². The Hall–Kier alpha value is -1.37. The quantitative estimate of drug-likeness (QED) is 0.833. The standard InChI is InChI=1S/C10H14BrN5O/c11-8-6-13-10(14-7-8)16-3-1-2-15(4-5-16)9(12)17/h6-7H,1-5H2,(H2,12,17). The molecule has 2 N–H and O–H groups in total. The van der Waals surface area contributed by atoms with E-state index in [1.54, 1.807) is 17.3 Å². The molecule has 0 saturated carbocycles. The van der Waals surface area contributed by atoms with E-state index in [0.717, 1.165) is 17.4 Å². The van der Waals surface area contributed by atoms with Crippen LogP contribution in [0.1, 0.15) is 6.42 Å². The predicted octanol–water partition coefficient (Wildman–Crippen LogP) is 0.830. The summed E-state index contributed by atoms with van der Waals surface area (Å²) in [6.07, 6.45) is 4.32. The second-order valence-electron chi connectivity index (χ2n) is 3.87. The van der Waals surface area contributed by atoms with E-state index in [2.05, 4.69) is 30.8 Å². The van der Waals surface area contributed by atoms with Crippen LogP contribution in [-0.4, -0.2) is 47.1 Å². The molecule has 1 fully saturated rings. The second-order valence-corrected chi connectivity index (χ2v) is 4.78. The number of nitrogens with two attached hydrogens (primary N) is 1. The summed E-state index contributed by atoms with van der Waals surface area (Å²) in [5.41, 5.74) is 5.27. The van der Waals surface area contributed by atoms with E-state index in [1.165, 1.54) is 0 Å². The second kappa shape index (κ2) is 5.31. The molecule has 1 aliphatic heterocycles. The molecular weight excluding hydrogens is 286 g/mol. The Bertz CT molecular complexity index is 396. The van der Waals surface area contributed by atoms with Gasteiger partial charge in [-0.05, 0) is 22.4 Å². The Kier molecular flexibility index (Phi) is 3.78. The van der Waals surface area contributed by atoms with Gasteiger partial charge in [0.05, 0.1) is 4.47 Å². The van der Waals surface area contributed by atoms with E-state index in [9.17, 15) is 4.79 Å². The van der Waals surface area contributed by atoms with Crippen LogP contribution in [0.3, 0.4) is 0 Å². The number of carbonyl (C=O) groups is 1. The fourth-order valence-electron chi connectivity index (χ4n) is 1.81. The van der Waals surface area contributed by atoms with Crippen molar-refractivity contribution in [3.8, 4) is 0 Å². The maximum absolute atomic E-state index is 11.1. The summed E-state index contributed by atoms with van der Waals surface area (Å²) in [7, 11) is 0. The van der Waals surface area contributed by atoms with Gasteiger partial charge < -0.3 is 15.5 Å². The molecule has 0 bridgehead atoms. The number of primary amides is 1. The first-order chi connectivity index (χ1) is 8.16. The summed E-state index contributed by atoms with van der Waals surface area (Å²) in [5.74, 6) is 0.694. The van der Waals surface area contributed by atoms with Crippen molar-refractivity contribution >= 4 is 27.9 Å². The molecular formula is C10H14BrN5O. The summed E-state index contributed by atoms with van der Waals surface area (Å²) in [6, 6.07) is -0.358. The third-order valence-corrected chi connectivity index (χ3v) is 3.11. The Morgan fingerprint density at radius 3 is 2.59 bits per heavy atom. The number of urea groups is 1. The Labute approximate surface area is 108 Å². The van der Waals surface area contributed by atoms with Crippen LogP contribution >= 0.6 is 15.9 Å². The number of anilines is 1. The normalized spacial score (nSPS) is 16.8. The first kappa shape index (κ1) is 12.1. The number of hydrogen-bond donors (Lipinski definition) is 1. The monoisotopic (exact) mass is 299 g/mol. The van der Waals surface area contributed by atoms with Crippen LogP contribution < -0.4 is 10.6 Å². The summed E-state index contributed by atoms with van der Waals surface area (Å²) < 4.78 is 0.856. The van der Waals surface area contributed by atoms with Gasteiger partial charge in [-0.3, -0.25) is 0 Å². The summed E-state index contributed by atoms with van der Waals surface area (Å²) in [5, 5.41) is 0. The topological polar surface area (TPSA) is 75.4 Å². The molecule has 0 radical (unpaired) electrons. The molecule has 0 aromatic carbocycles. The van der Waals surface area contributed by atoms with Gasteiger partial charge in [0, 0.05) is 38.6 Å². The maximum atomic E-state index is 11.1. The van der Waals surface area contributed by atoms with Crippen molar-refractivity contribution in [3.63, 3.8) is 0 Å². The molecule has 0 unspecified atom stereocenters. The highest BCUT2D eigenvalue weighted by molar-refractivity contribution is 9.10. The minimum atomic E-state index is -0.358. The largest absolute Gasteiger partial charge is 0.351 e. The van der Waals surface area contributed by atoms with Crippen LogP contribution in [0.2, 0.25) is 0 Å². The molecule has 1 aliphatic rings. The number of halogens is 1. The average molecular weight is 300 g/mol. The number of amides is 2. The molecule has 7 heteroatoms. The summed E-state index contributed by atoms with van der Waals surface area (Å²) >= 11 is 3.30. The Balaban J connectivity index is 2.03. The molecule has 2 heterocycles. The van der Waals surface area contributed by atoms with E-state index in [-0.39, 0.29) is 6.03 Å². The predicted molar refractivity (Wildman–Crippen MR) is 67.7 cm³/mol. The molecule has 92 valence electrons. The SMILES string of the molecule is NC(=O)N1CCCN(c2ncc(Br)cn2)CC1. The third kappa shape index (κ3) is 3.06. The third-order valence-electron chi connectivity index (χ3n) is 2.70. The van der Waals surface area contributed by atoms with Gasteiger partial charge in [0.1, 0.15) is 0 Å². The van der Waals surface area contributed by atoms with Crippen LogP contribution in [0.4, 0.5) is 10.7 Å². The molecule has 0 atom stereocenters. The van der Waals surface area contributed by atoms with Crippen LogP contribution in [0.15, 0.2) is 16.9 Å². The summed E-state index contributed by atoms with van der Waals surface area (Å²) in [6.45, 7) is 2.87. The van der Waals surface area contributed by atoms with Gasteiger partial charge in [0.25, 0.3) is 0 Å². The zero-order valence-corrected chi connectivity index (χ0v) is 10.9. The molecule has 17 heavy (non-hydrogen) atoms. The minimum absolute atomic E-state index is 0.358. The highest BCUT2D eigenvalue weighted by atomic mass is 79.9. The highest BCUT2D eigenvalue weighted by Crippen LogP contribution is 2.13. The lowest BCUT2D eigenvalue weighted by atomic mass is 10.4. The average Bonchev–Trinajstić information content (AvgIpc) is 2.55. The van der Waals surface area contributed by atoms with Crippen LogP contribution in [0.5, 0.6) is 0 Å². The van der Waals surface area contributed by atoms with Crippen molar-refractivity contribution in [3.05, 3.63) is 16.9 Å². The lowest BCUT2D eigenvalue weighted by Crippen LogP contribution is -2.38. The zero-order chi connectivity index (χ0) is 12.3. The number of carbonyl (C=O) groups excluding carboxylic acids is 1. The Morgan fingerprint density at radius 1 is 1.24 bits per heavy atom. The van der Waals surface area contributed by atoms with Crippen molar-refractivity contribution in [2.75, 3.05) is 31.1 Å². The van der Waals surface area contributed by atoms with E-state index in [0.29, 0.717) is 25.6 Å². The molecule has 1 aromatic rings. The number of aromatic nitrogens is 2. The molecule has 1 aromatic heterocycles. The minimum Gasteiger partial charge on any atom is -0.351 e. The lowest BCUT2D eigenvalue weighted by molar-refractivity contribution is 0.211. The molecule has 0 spiro atoms. The number of nitrogens with zero attached hydrogens (tertiary/aromatic N) is 4. The van der Waals surface area contributed by atoms with Gasteiger partial charge in [-0.25, -0.2) is 14.8 Å². The van der Waals surface area contributed by atoms with E-state index in [4.69, 9.17) is 5.73 Å². The van der Waals surface area contributed by atoms with Crippen molar-refractivity contribution in [1.29, 1.82) is 0 Å². The van der Waals surface area contributed by atoms with Gasteiger partial charge in [-0.1, -0.05) is 0 Å². The Morgan fingerprint density at radius 2 is 1.94 bits per heavy atom. The molecule has 1 saturated heterocycles. The first-order valence-electron chi connectivity index (χ1n) is 5.43. The van der Waals surface area contributed by atoms with Gasteiger partial charge >= 0.3 is 6.03 Å². The van der Waals surface area contributed by atoms with E-state index in [1.807, 2.05) is 0 Å². The zero-order valence-electron chi connectivity index (χ0n) is 9.34. The fourth-order valence-corrected chi connectivity index (χ4v) is 2.01. The van der Waals surface area contributed by atoms with Crippen LogP contribution in [0.25, 0.3) is 0 Å². The first-order valence-corrected chi connectivity index (χ1v) is 6.23. The van der Waals surface area contributed by atoms with Crippen LogP contribution in [0, 0.1) is 0 Å². The van der Waals surface area contributed by atoms with Gasteiger partial charge in [-0.2, -0.15) is 0 Å². The van der Waals surface area contributed by atoms with Crippen LogP contribution in [-0.2, 0) is 0 Å². The van der Waals surface area contributed by atoms with Crippen molar-refractivity contribution in [2.24, 2.45) is 5.73 Å². The molecule has 2 rings (SSSR count). The van der Waals surface area contributed by atoms with Crippen molar-refractivity contribution < 1.29 is 4.79 Å².